The van der Waals surface area contributed by atoms with Crippen LogP contribution in [0.4, 0.5) is 28.8 Å². The first-order valence-electron chi connectivity index (χ1n) is 11.6. The van der Waals surface area contributed by atoms with E-state index in [2.05, 4.69) is 27.2 Å². The zero-order valence-electron chi connectivity index (χ0n) is 21.4. The number of benzene rings is 2. The van der Waals surface area contributed by atoms with Crippen molar-refractivity contribution in [2.24, 2.45) is 0 Å². The Morgan fingerprint density at radius 1 is 1.18 bits per heavy atom. The molecule has 3 aromatic rings. The van der Waals surface area contributed by atoms with Crippen molar-refractivity contribution < 1.29 is 19.4 Å². The number of anilines is 5. The highest BCUT2D eigenvalue weighted by Gasteiger charge is 2.34. The average Bonchev–Trinajstić information content (AvgIpc) is 2.91. The Morgan fingerprint density at radius 3 is 2.42 bits per heavy atom. The number of nitrogens with zero attached hydrogens (tertiary/aromatic N) is 4. The molecule has 38 heavy (non-hydrogen) atoms. The number of carbonyl (C=O) groups excluding carboxylic acids is 1. The van der Waals surface area contributed by atoms with Crippen molar-refractivity contribution in [2.45, 2.75) is 19.8 Å². The van der Waals surface area contributed by atoms with Gasteiger partial charge in [-0.25, -0.2) is 4.98 Å². The number of nitrogens with one attached hydrogen (secondary N) is 2. The summed E-state index contributed by atoms with van der Waals surface area (Å²) in [4.78, 5) is 23.9. The first-order valence-corrected chi connectivity index (χ1v) is 12.3. The van der Waals surface area contributed by atoms with Gasteiger partial charge in [0.15, 0.2) is 5.78 Å². The SMILES string of the molecule is C=C(CNc1ccccc1Nc1ncc2c(n1)N(C)C(O)N(c1c(Cl)c(OC)cc(OC)c1Cl)C2)C(C)=O. The molecule has 10 nitrogen and oxygen atoms in total. The Kier molecular flexibility index (Phi) is 8.15. The summed E-state index contributed by atoms with van der Waals surface area (Å²) in [5, 5.41) is 18.1. The number of fused-ring (bicyclic) bond motifs is 1. The van der Waals surface area contributed by atoms with Crippen LogP contribution in [0.1, 0.15) is 12.5 Å². The molecule has 1 atom stereocenters. The van der Waals surface area contributed by atoms with E-state index in [1.54, 1.807) is 29.1 Å². The monoisotopic (exact) mass is 558 g/mol. The molecule has 0 radical (unpaired) electrons. The summed E-state index contributed by atoms with van der Waals surface area (Å²) in [6.07, 6.45) is 0.524. The fraction of sp³-hybridized carbons (Fsp3) is 0.269. The minimum Gasteiger partial charge on any atom is -0.495 e. The molecule has 12 heteroatoms. The van der Waals surface area contributed by atoms with Crippen LogP contribution in [0.3, 0.4) is 0 Å². The zero-order valence-corrected chi connectivity index (χ0v) is 22.9. The smallest absolute Gasteiger partial charge is 0.229 e. The quantitative estimate of drug-likeness (QED) is 0.315. The summed E-state index contributed by atoms with van der Waals surface area (Å²) >= 11 is 13.2. The maximum absolute atomic E-state index is 11.5. The maximum Gasteiger partial charge on any atom is 0.229 e. The number of Topliss-reactive ketones (excluding diaryl/α,β-unsaturated/α-hetero) is 1. The van der Waals surface area contributed by atoms with Gasteiger partial charge in [-0.15, -0.1) is 0 Å². The van der Waals surface area contributed by atoms with Crippen molar-refractivity contribution in [3.8, 4) is 11.5 Å². The Morgan fingerprint density at radius 2 is 1.82 bits per heavy atom. The van der Waals surface area contributed by atoms with Crippen LogP contribution in [0.15, 0.2) is 48.7 Å². The van der Waals surface area contributed by atoms with Crippen molar-refractivity contribution in [3.05, 3.63) is 64.3 Å². The number of halogens is 2. The molecule has 3 N–H and O–H groups in total. The third-order valence-electron chi connectivity index (χ3n) is 6.14. The van der Waals surface area contributed by atoms with E-state index in [0.717, 1.165) is 11.3 Å². The molecule has 1 aromatic heterocycles. The fourth-order valence-electron chi connectivity index (χ4n) is 3.97. The molecule has 0 fully saturated rings. The number of methoxy groups -OCH3 is 2. The van der Waals surface area contributed by atoms with E-state index in [9.17, 15) is 9.90 Å². The van der Waals surface area contributed by atoms with E-state index in [0.29, 0.717) is 46.8 Å². The molecule has 0 saturated carbocycles. The van der Waals surface area contributed by atoms with Gasteiger partial charge in [-0.3, -0.25) is 4.79 Å². The topological polar surface area (TPSA) is 112 Å². The normalized spacial score (nSPS) is 14.6. The van der Waals surface area contributed by atoms with E-state index >= 15 is 0 Å². The lowest BCUT2D eigenvalue weighted by Gasteiger charge is -2.42. The number of carbonyl (C=O) groups is 1. The van der Waals surface area contributed by atoms with Crippen LogP contribution in [0.25, 0.3) is 0 Å². The summed E-state index contributed by atoms with van der Waals surface area (Å²) in [7, 11) is 4.68. The highest BCUT2D eigenvalue weighted by molar-refractivity contribution is 6.41. The van der Waals surface area contributed by atoms with Crippen LogP contribution < -0.4 is 29.9 Å². The molecule has 1 unspecified atom stereocenters. The van der Waals surface area contributed by atoms with Crippen molar-refractivity contribution in [2.75, 3.05) is 48.2 Å². The van der Waals surface area contributed by atoms with Crippen molar-refractivity contribution >= 4 is 57.8 Å². The Labute approximate surface area is 230 Å². The lowest BCUT2D eigenvalue weighted by atomic mass is 10.1. The molecular weight excluding hydrogens is 531 g/mol. The summed E-state index contributed by atoms with van der Waals surface area (Å²) in [5.74, 6) is 1.50. The molecule has 2 aromatic carbocycles. The Balaban J connectivity index is 1.63. The lowest BCUT2D eigenvalue weighted by Crippen LogP contribution is -2.51. The number of hydrogen-bond acceptors (Lipinski definition) is 10. The summed E-state index contributed by atoms with van der Waals surface area (Å²) in [6.45, 7) is 5.80. The van der Waals surface area contributed by atoms with Crippen LogP contribution in [0.5, 0.6) is 11.5 Å². The molecule has 0 bridgehead atoms. The van der Waals surface area contributed by atoms with Gasteiger partial charge in [-0.1, -0.05) is 41.9 Å². The van der Waals surface area contributed by atoms with Crippen LogP contribution >= 0.6 is 23.2 Å². The molecule has 0 spiro atoms. The van der Waals surface area contributed by atoms with Gasteiger partial charge < -0.3 is 35.0 Å². The van der Waals surface area contributed by atoms with Gasteiger partial charge in [0.2, 0.25) is 12.3 Å². The third-order valence-corrected chi connectivity index (χ3v) is 6.87. The van der Waals surface area contributed by atoms with Gasteiger partial charge in [0.05, 0.1) is 37.8 Å². The predicted molar refractivity (Wildman–Crippen MR) is 150 cm³/mol. The highest BCUT2D eigenvalue weighted by atomic mass is 35.5. The standard InChI is InChI=1S/C26H28Cl2N6O4/c1-14(15(2)35)11-29-17-8-6-7-9-18(17)31-25-30-12-16-13-34(26(36)33(3)24(16)32-25)23-21(27)19(37-4)10-20(38-5)22(23)28/h6-10,12,26,29,36H,1,11,13H2,2-5H3,(H,30,31,32). The van der Waals surface area contributed by atoms with Crippen LogP contribution in [-0.4, -0.2) is 55.0 Å². The van der Waals surface area contributed by atoms with Crippen molar-refractivity contribution in [3.63, 3.8) is 0 Å². The Bertz CT molecular complexity index is 1360. The van der Waals surface area contributed by atoms with E-state index in [-0.39, 0.29) is 22.4 Å². The number of para-hydroxylation sites is 2. The third kappa shape index (κ3) is 5.28. The molecule has 4 rings (SSSR count). The van der Waals surface area contributed by atoms with Crippen LogP contribution in [0, 0.1) is 0 Å². The summed E-state index contributed by atoms with van der Waals surface area (Å²) < 4.78 is 10.8. The first kappa shape index (κ1) is 27.3. The van der Waals surface area contributed by atoms with Gasteiger partial charge in [-0.05, 0) is 19.1 Å². The second-order valence-electron chi connectivity index (χ2n) is 8.57. The second-order valence-corrected chi connectivity index (χ2v) is 9.33. The number of aliphatic hydroxyl groups excluding tert-OH is 1. The number of rotatable bonds is 9. The lowest BCUT2D eigenvalue weighted by molar-refractivity contribution is -0.113. The van der Waals surface area contributed by atoms with Gasteiger partial charge in [0.25, 0.3) is 0 Å². The molecule has 0 amide bonds. The van der Waals surface area contributed by atoms with Crippen molar-refractivity contribution in [1.82, 2.24) is 9.97 Å². The van der Waals surface area contributed by atoms with Crippen molar-refractivity contribution in [1.29, 1.82) is 0 Å². The van der Waals surface area contributed by atoms with E-state index in [4.69, 9.17) is 32.7 Å². The minimum atomic E-state index is -1.15. The number of ketones is 1. The van der Waals surface area contributed by atoms with E-state index in [1.807, 2.05) is 24.3 Å². The molecule has 0 aliphatic carbocycles. The Hall–Kier alpha value is -3.73. The van der Waals surface area contributed by atoms with Crippen LogP contribution in [-0.2, 0) is 11.3 Å². The average molecular weight is 559 g/mol. The highest BCUT2D eigenvalue weighted by Crippen LogP contribution is 2.48. The van der Waals surface area contributed by atoms with Gasteiger partial charge in [0, 0.05) is 37.0 Å². The number of aliphatic hydroxyl groups is 1. The molecule has 1 aliphatic heterocycles. The summed E-state index contributed by atoms with van der Waals surface area (Å²) in [6, 6.07) is 9.07. The van der Waals surface area contributed by atoms with Gasteiger partial charge >= 0.3 is 0 Å². The van der Waals surface area contributed by atoms with Gasteiger partial charge in [-0.2, -0.15) is 4.98 Å². The molecule has 200 valence electrons. The maximum atomic E-state index is 11.5. The van der Waals surface area contributed by atoms with E-state index in [1.165, 1.54) is 21.1 Å². The molecule has 1 aliphatic rings. The van der Waals surface area contributed by atoms with Crippen LogP contribution in [0.2, 0.25) is 10.0 Å². The fourth-order valence-corrected chi connectivity index (χ4v) is 4.69. The minimum absolute atomic E-state index is 0.0773. The summed E-state index contributed by atoms with van der Waals surface area (Å²) in [5.41, 5.74) is 3.04. The largest absolute Gasteiger partial charge is 0.495 e. The zero-order chi connectivity index (χ0) is 27.6. The molecule has 0 saturated heterocycles. The number of ether oxygens (including phenoxy) is 2. The molecule has 2 heterocycles. The van der Waals surface area contributed by atoms with E-state index < -0.39 is 6.35 Å². The molecular formula is C26H28Cl2N6O4. The number of hydrogen-bond donors (Lipinski definition) is 3. The first-order chi connectivity index (χ1) is 18.2. The second kappa shape index (κ2) is 11.3. The number of aromatic nitrogens is 2. The predicted octanol–water partition coefficient (Wildman–Crippen LogP) is 4.83. The van der Waals surface area contributed by atoms with Gasteiger partial charge in [0.1, 0.15) is 27.4 Å².